The highest BCUT2D eigenvalue weighted by Crippen LogP contribution is 1.97. The van der Waals surface area contributed by atoms with Gasteiger partial charge in [0.2, 0.25) is 0 Å². The molecule has 0 heterocycles. The van der Waals surface area contributed by atoms with Gasteiger partial charge in [0.1, 0.15) is 0 Å². The van der Waals surface area contributed by atoms with E-state index in [-0.39, 0.29) is 32.7 Å². The maximum absolute atomic E-state index is 11.6. The van der Waals surface area contributed by atoms with Crippen molar-refractivity contribution in [1.82, 2.24) is 30.6 Å². The van der Waals surface area contributed by atoms with Gasteiger partial charge in [-0.15, -0.1) is 21.2 Å². The number of hydrogen-bond donors (Lipinski definition) is 4. The van der Waals surface area contributed by atoms with Crippen LogP contribution in [-0.4, -0.2) is 124 Å². The second kappa shape index (κ2) is 19.0. The second-order valence-electron chi connectivity index (χ2n) is 6.76. The first-order valence-electron chi connectivity index (χ1n) is 9.62. The molecular formula is C16H32N10O6. The Morgan fingerprint density at radius 2 is 1.22 bits per heavy atom. The van der Waals surface area contributed by atoms with Crippen molar-refractivity contribution < 1.29 is 28.9 Å². The van der Waals surface area contributed by atoms with Gasteiger partial charge in [0.25, 0.3) is 11.8 Å². The van der Waals surface area contributed by atoms with E-state index in [1.807, 2.05) is 16.8 Å². The van der Waals surface area contributed by atoms with Crippen LogP contribution in [0.15, 0.2) is 10.2 Å². The zero-order valence-electron chi connectivity index (χ0n) is 18.4. The molecule has 0 radical (unpaired) electrons. The average molecular weight is 460 g/mol. The van der Waals surface area contributed by atoms with Crippen LogP contribution < -0.4 is 11.0 Å². The molecule has 0 rings (SSSR count). The number of amides is 2. The van der Waals surface area contributed by atoms with E-state index in [0.717, 1.165) is 0 Å². The lowest BCUT2D eigenvalue weighted by atomic mass is 10.3. The van der Waals surface area contributed by atoms with Crippen LogP contribution >= 0.6 is 0 Å². The summed E-state index contributed by atoms with van der Waals surface area (Å²) in [6.45, 7) is 3.93. The Hall–Kier alpha value is -2.76. The SMILES string of the molecule is CN(CCN(CCN(CCN(C)CC(=O)N=N)CC(=O)N=N)CNOC=O)CNOC=O. The summed E-state index contributed by atoms with van der Waals surface area (Å²) in [5.74, 6) is -1.17. The van der Waals surface area contributed by atoms with Crippen molar-refractivity contribution in [3.05, 3.63) is 0 Å². The molecule has 0 atom stereocenters. The van der Waals surface area contributed by atoms with Crippen LogP contribution in [0.1, 0.15) is 0 Å². The van der Waals surface area contributed by atoms with E-state index in [9.17, 15) is 19.2 Å². The van der Waals surface area contributed by atoms with Gasteiger partial charge in [-0.1, -0.05) is 0 Å². The number of rotatable bonds is 21. The first-order chi connectivity index (χ1) is 15.4. The molecule has 0 saturated carbocycles. The smallest absolute Gasteiger partial charge is 0.312 e. The van der Waals surface area contributed by atoms with Crippen molar-refractivity contribution in [2.45, 2.75) is 0 Å². The van der Waals surface area contributed by atoms with Crippen LogP contribution in [-0.2, 0) is 28.9 Å². The number of nitrogens with zero attached hydrogens (tertiary/aromatic N) is 6. The van der Waals surface area contributed by atoms with Crippen molar-refractivity contribution in [2.24, 2.45) is 10.2 Å². The Morgan fingerprint density at radius 3 is 1.81 bits per heavy atom. The predicted octanol–water partition coefficient (Wildman–Crippen LogP) is -2.16. The van der Waals surface area contributed by atoms with E-state index < -0.39 is 11.8 Å². The zero-order chi connectivity index (χ0) is 24.2. The number of carbonyl (C=O) groups excluding carboxylic acids is 4. The molecule has 0 aliphatic carbocycles. The molecule has 182 valence electrons. The van der Waals surface area contributed by atoms with Gasteiger partial charge in [-0.05, 0) is 14.1 Å². The fourth-order valence-electron chi connectivity index (χ4n) is 2.44. The van der Waals surface area contributed by atoms with Gasteiger partial charge in [0.05, 0.1) is 26.4 Å². The van der Waals surface area contributed by atoms with E-state index in [1.165, 1.54) is 0 Å². The first-order valence-corrected chi connectivity index (χ1v) is 9.62. The van der Waals surface area contributed by atoms with Gasteiger partial charge in [0.15, 0.2) is 0 Å². The van der Waals surface area contributed by atoms with E-state index in [0.29, 0.717) is 45.9 Å². The van der Waals surface area contributed by atoms with Crippen molar-refractivity contribution in [3.8, 4) is 0 Å². The molecule has 4 N–H and O–H groups in total. The molecule has 0 aromatic carbocycles. The molecule has 0 unspecified atom stereocenters. The topological polar surface area (TPSA) is 196 Å². The number of hydroxylamine groups is 2. The highest BCUT2D eigenvalue weighted by Gasteiger charge is 2.15. The zero-order valence-corrected chi connectivity index (χ0v) is 18.4. The van der Waals surface area contributed by atoms with Gasteiger partial charge in [0, 0.05) is 39.3 Å². The van der Waals surface area contributed by atoms with Crippen molar-refractivity contribution in [1.29, 1.82) is 11.1 Å². The van der Waals surface area contributed by atoms with E-state index in [4.69, 9.17) is 11.1 Å². The van der Waals surface area contributed by atoms with Crippen molar-refractivity contribution in [3.63, 3.8) is 0 Å². The third-order valence-electron chi connectivity index (χ3n) is 4.23. The summed E-state index contributed by atoms with van der Waals surface area (Å²) >= 11 is 0. The molecule has 16 nitrogen and oxygen atoms in total. The minimum atomic E-state index is -0.597. The summed E-state index contributed by atoms with van der Waals surface area (Å²) in [6.07, 6.45) is 0. The fraction of sp³-hybridized carbons (Fsp3) is 0.750. The van der Waals surface area contributed by atoms with E-state index in [2.05, 4.69) is 30.9 Å². The lowest BCUT2D eigenvalue weighted by Gasteiger charge is -2.29. The quantitative estimate of drug-likeness (QED) is 0.0477. The normalized spacial score (nSPS) is 11.1. The summed E-state index contributed by atoms with van der Waals surface area (Å²) in [5.41, 5.74) is 18.6. The van der Waals surface area contributed by atoms with E-state index in [1.54, 1.807) is 16.8 Å². The van der Waals surface area contributed by atoms with Crippen LogP contribution in [0.2, 0.25) is 0 Å². The van der Waals surface area contributed by atoms with Crippen LogP contribution in [0.4, 0.5) is 0 Å². The molecule has 0 fully saturated rings. The molecule has 32 heavy (non-hydrogen) atoms. The maximum Gasteiger partial charge on any atom is 0.312 e. The van der Waals surface area contributed by atoms with Gasteiger partial charge in [-0.2, -0.15) is 0 Å². The highest BCUT2D eigenvalue weighted by atomic mass is 16.7. The minimum Gasteiger partial charge on any atom is -0.372 e. The number of likely N-dealkylation sites (N-methyl/N-ethyl adjacent to an activating group) is 2. The fourth-order valence-corrected chi connectivity index (χ4v) is 2.44. The van der Waals surface area contributed by atoms with Gasteiger partial charge in [-0.25, -0.2) is 11.1 Å². The van der Waals surface area contributed by atoms with Gasteiger partial charge in [-0.3, -0.25) is 38.8 Å². The standard InChI is InChI=1S/C16H32N10O6/c1-23(9-15(29)21-17)3-5-25(10-16(30)22-18)7-8-26(12-20-32-14-28)6-4-24(2)11-19-31-13-27/h13-14,17-20H,3-12H2,1-2H3. The summed E-state index contributed by atoms with van der Waals surface area (Å²) < 4.78 is 0. The molecule has 0 spiro atoms. The largest absolute Gasteiger partial charge is 0.372 e. The molecule has 0 aromatic rings. The number of nitrogens with one attached hydrogen (secondary N) is 4. The summed E-state index contributed by atoms with van der Waals surface area (Å²) in [4.78, 5) is 59.7. The molecule has 16 heteroatoms. The minimum absolute atomic E-state index is 0.0125. The molecule has 0 aliphatic rings. The van der Waals surface area contributed by atoms with Gasteiger partial charge < -0.3 is 9.68 Å². The average Bonchev–Trinajstić information content (AvgIpc) is 2.78. The number of hydrogen-bond acceptors (Lipinski definition) is 14. The maximum atomic E-state index is 11.6. The van der Waals surface area contributed by atoms with Crippen LogP contribution in [0.25, 0.3) is 0 Å². The highest BCUT2D eigenvalue weighted by molar-refractivity contribution is 5.78. The summed E-state index contributed by atoms with van der Waals surface area (Å²) in [6, 6.07) is 0. The lowest BCUT2D eigenvalue weighted by molar-refractivity contribution is -0.138. The van der Waals surface area contributed by atoms with Crippen molar-refractivity contribution in [2.75, 3.05) is 79.8 Å². The summed E-state index contributed by atoms with van der Waals surface area (Å²) in [5, 5.41) is 5.78. The molecule has 0 saturated heterocycles. The second-order valence-corrected chi connectivity index (χ2v) is 6.76. The molecule has 2 amide bonds. The third kappa shape index (κ3) is 16.0. The van der Waals surface area contributed by atoms with E-state index >= 15 is 0 Å². The van der Waals surface area contributed by atoms with Crippen LogP contribution in [0.5, 0.6) is 0 Å². The molecule has 0 aliphatic heterocycles. The van der Waals surface area contributed by atoms with Crippen LogP contribution in [0.3, 0.4) is 0 Å². The molecule has 0 bridgehead atoms. The molecule has 0 aromatic heterocycles. The predicted molar refractivity (Wildman–Crippen MR) is 109 cm³/mol. The Kier molecular flexibility index (Phi) is 17.3. The van der Waals surface area contributed by atoms with Gasteiger partial charge >= 0.3 is 12.9 Å². The first kappa shape index (κ1) is 29.2. The Bertz CT molecular complexity index is 596. The Labute approximate surface area is 186 Å². The van der Waals surface area contributed by atoms with Crippen LogP contribution in [0, 0.1) is 11.1 Å². The lowest BCUT2D eigenvalue weighted by Crippen LogP contribution is -2.46. The summed E-state index contributed by atoms with van der Waals surface area (Å²) in [7, 11) is 3.51. The molecular weight excluding hydrogens is 428 g/mol. The monoisotopic (exact) mass is 460 g/mol. The Morgan fingerprint density at radius 1 is 0.750 bits per heavy atom. The van der Waals surface area contributed by atoms with Crippen molar-refractivity contribution >= 4 is 24.8 Å². The Balaban J connectivity index is 4.79. The third-order valence-corrected chi connectivity index (χ3v) is 4.23. The number of carbonyl (C=O) groups is 4.